The van der Waals surface area contributed by atoms with E-state index in [4.69, 9.17) is 14.2 Å². The summed E-state index contributed by atoms with van der Waals surface area (Å²) < 4.78 is 15.2. The molecule has 0 radical (unpaired) electrons. The number of ether oxygens (including phenoxy) is 3. The Hall–Kier alpha value is -2.10. The van der Waals surface area contributed by atoms with Crippen LogP contribution in [0.25, 0.3) is 0 Å². The van der Waals surface area contributed by atoms with Crippen LogP contribution in [0.2, 0.25) is 0 Å². The molecule has 102 valence electrons. The molecule has 19 heavy (non-hydrogen) atoms. The average molecular weight is 335 g/mol. The Labute approximate surface area is 114 Å². The van der Waals surface area contributed by atoms with Crippen molar-refractivity contribution in [1.82, 2.24) is 0 Å². The van der Waals surface area contributed by atoms with Crippen molar-refractivity contribution in [3.63, 3.8) is 0 Å². The minimum atomic E-state index is -0.889. The van der Waals surface area contributed by atoms with Crippen LogP contribution in [0.1, 0.15) is 0 Å². The molecule has 0 aliphatic carbocycles. The van der Waals surface area contributed by atoms with Crippen molar-refractivity contribution in [3.05, 3.63) is 24.7 Å². The smallest absolute Gasteiger partial charge is 0.392 e. The first-order valence-electron chi connectivity index (χ1n) is 4.96. The van der Waals surface area contributed by atoms with Crippen LogP contribution in [-0.2, 0) is 0 Å². The van der Waals surface area contributed by atoms with Crippen LogP contribution in [-0.4, -0.2) is 30.2 Å². The number of hydrogen-bond donors (Lipinski definition) is 0. The Morgan fingerprint density at radius 3 is 2.11 bits per heavy atom. The highest BCUT2D eigenvalue weighted by molar-refractivity contribution is 9.10. The number of nitrogens with zero attached hydrogens (tertiary/aromatic N) is 2. The summed E-state index contributed by atoms with van der Waals surface area (Å²) in [5.74, 6) is -0.312. The van der Waals surface area contributed by atoms with Gasteiger partial charge in [-0.05, 0) is 15.9 Å². The topological polar surface area (TPSA) is 114 Å². The zero-order valence-corrected chi connectivity index (χ0v) is 11.1. The summed E-state index contributed by atoms with van der Waals surface area (Å²) in [6.07, 6.45) is 0. The van der Waals surface area contributed by atoms with Gasteiger partial charge in [0.1, 0.15) is 17.7 Å². The zero-order chi connectivity index (χ0) is 14.2. The molecule has 0 saturated carbocycles. The molecule has 0 atom stereocenters. The van der Waals surface area contributed by atoms with Gasteiger partial charge in [-0.15, -0.1) is 0 Å². The van der Waals surface area contributed by atoms with E-state index in [1.807, 2.05) is 0 Å². The van der Waals surface area contributed by atoms with E-state index in [1.54, 1.807) is 0 Å². The lowest BCUT2D eigenvalue weighted by atomic mass is 10.2. The van der Waals surface area contributed by atoms with Crippen LogP contribution < -0.4 is 14.2 Å². The van der Waals surface area contributed by atoms with Crippen molar-refractivity contribution in [2.24, 2.45) is 0 Å². The predicted molar refractivity (Wildman–Crippen MR) is 65.0 cm³/mol. The Bertz CT molecular complexity index is 574. The zero-order valence-electron chi connectivity index (χ0n) is 9.54. The molecule has 1 aromatic carbocycles. The molecule has 0 aromatic heterocycles. The third kappa shape index (κ3) is 2.03. The van der Waals surface area contributed by atoms with Crippen molar-refractivity contribution < 1.29 is 24.1 Å². The molecule has 0 amide bonds. The summed E-state index contributed by atoms with van der Waals surface area (Å²) in [7, 11) is 1.16. The second-order valence-electron chi connectivity index (χ2n) is 3.41. The average Bonchev–Trinajstić information content (AvgIpc) is 2.37. The van der Waals surface area contributed by atoms with E-state index in [9.17, 15) is 20.2 Å². The van der Waals surface area contributed by atoms with Crippen molar-refractivity contribution in [2.45, 2.75) is 0 Å². The van der Waals surface area contributed by atoms with Gasteiger partial charge < -0.3 is 14.2 Å². The van der Waals surface area contributed by atoms with Crippen molar-refractivity contribution in [3.8, 4) is 17.2 Å². The van der Waals surface area contributed by atoms with E-state index in [1.165, 1.54) is 0 Å². The number of methoxy groups -OCH3 is 1. The molecule has 0 spiro atoms. The second kappa shape index (κ2) is 4.88. The van der Waals surface area contributed by atoms with Gasteiger partial charge in [-0.25, -0.2) is 0 Å². The van der Waals surface area contributed by atoms with Crippen molar-refractivity contribution in [2.75, 3.05) is 20.3 Å². The van der Waals surface area contributed by atoms with Gasteiger partial charge in [0.2, 0.25) is 5.75 Å². The number of nitro benzene ring substituents is 2. The van der Waals surface area contributed by atoms with Gasteiger partial charge in [-0.2, -0.15) is 0 Å². The third-order valence-electron chi connectivity index (χ3n) is 2.40. The fourth-order valence-corrected chi connectivity index (χ4v) is 2.33. The van der Waals surface area contributed by atoms with Gasteiger partial charge in [-0.1, -0.05) is 0 Å². The first-order valence-corrected chi connectivity index (χ1v) is 5.76. The fraction of sp³-hybridized carbons (Fsp3) is 0.333. The molecule has 1 aliphatic heterocycles. The third-order valence-corrected chi connectivity index (χ3v) is 3.14. The maximum atomic E-state index is 11.0. The van der Waals surface area contributed by atoms with Gasteiger partial charge in [0.25, 0.3) is 5.75 Å². The SMILES string of the molecule is COc1c2c(c(Br)c([N+](=O)[O-])c1[N+](=O)[O-])OCCO2. The molecule has 0 bridgehead atoms. The monoisotopic (exact) mass is 334 g/mol. The summed E-state index contributed by atoms with van der Waals surface area (Å²) >= 11 is 2.94. The molecule has 9 nitrogen and oxygen atoms in total. The normalized spacial score (nSPS) is 12.9. The number of benzene rings is 1. The van der Waals surface area contributed by atoms with E-state index in [0.717, 1.165) is 7.11 Å². The first-order chi connectivity index (χ1) is 8.99. The van der Waals surface area contributed by atoms with Crippen LogP contribution in [0.4, 0.5) is 11.4 Å². The predicted octanol–water partition coefficient (Wildman–Crippen LogP) is 2.05. The van der Waals surface area contributed by atoms with Gasteiger partial charge in [0, 0.05) is 0 Å². The van der Waals surface area contributed by atoms with Crippen LogP contribution >= 0.6 is 15.9 Å². The standard InChI is InChI=1S/C9H7BrN2O7/c1-17-8-6(12(15)16)5(11(13)14)4(10)7-9(8)19-3-2-18-7/h2-3H2,1H3. The molecule has 1 aromatic rings. The Morgan fingerprint density at radius 1 is 1.11 bits per heavy atom. The van der Waals surface area contributed by atoms with E-state index in [2.05, 4.69) is 15.9 Å². The quantitative estimate of drug-likeness (QED) is 0.613. The Kier molecular flexibility index (Phi) is 3.42. The van der Waals surface area contributed by atoms with Gasteiger partial charge in [0.15, 0.2) is 5.75 Å². The fourth-order valence-electron chi connectivity index (χ4n) is 1.70. The molecule has 10 heteroatoms. The van der Waals surface area contributed by atoms with Crippen LogP contribution in [0, 0.1) is 20.2 Å². The van der Waals surface area contributed by atoms with E-state index >= 15 is 0 Å². The summed E-state index contributed by atoms with van der Waals surface area (Å²) in [5, 5.41) is 22.1. The molecule has 0 unspecified atom stereocenters. The number of nitro groups is 2. The summed E-state index contributed by atoms with van der Waals surface area (Å²) in [5.41, 5.74) is -1.50. The van der Waals surface area contributed by atoms with E-state index < -0.39 is 21.2 Å². The highest BCUT2D eigenvalue weighted by Crippen LogP contribution is 2.55. The molecule has 0 fully saturated rings. The molecular formula is C9H7BrN2O7. The van der Waals surface area contributed by atoms with Crippen LogP contribution in [0.3, 0.4) is 0 Å². The molecule has 0 saturated heterocycles. The lowest BCUT2D eigenvalue weighted by Gasteiger charge is -2.21. The van der Waals surface area contributed by atoms with Gasteiger partial charge in [0.05, 0.1) is 17.0 Å². The lowest BCUT2D eigenvalue weighted by Crippen LogP contribution is -2.17. The summed E-state index contributed by atoms with van der Waals surface area (Å²) in [4.78, 5) is 20.3. The van der Waals surface area contributed by atoms with Crippen LogP contribution in [0.5, 0.6) is 17.2 Å². The summed E-state index contributed by atoms with van der Waals surface area (Å²) in [6.45, 7) is 0.356. The largest absolute Gasteiger partial charge is 0.487 e. The van der Waals surface area contributed by atoms with Gasteiger partial charge >= 0.3 is 11.4 Å². The molecule has 1 aliphatic rings. The minimum absolute atomic E-state index is 0.0158. The summed E-state index contributed by atoms with van der Waals surface area (Å²) in [6, 6.07) is 0. The van der Waals surface area contributed by atoms with Gasteiger partial charge in [-0.3, -0.25) is 20.2 Å². The number of fused-ring (bicyclic) bond motifs is 1. The Balaban J connectivity index is 2.87. The maximum Gasteiger partial charge on any atom is 0.392 e. The molecular weight excluding hydrogens is 328 g/mol. The first kappa shape index (κ1) is 13.3. The molecule has 1 heterocycles. The number of hydrogen-bond acceptors (Lipinski definition) is 7. The maximum absolute atomic E-state index is 11.0. The van der Waals surface area contributed by atoms with Crippen LogP contribution in [0.15, 0.2) is 4.47 Å². The van der Waals surface area contributed by atoms with E-state index in [-0.39, 0.29) is 34.9 Å². The lowest BCUT2D eigenvalue weighted by molar-refractivity contribution is -0.423. The Morgan fingerprint density at radius 2 is 1.63 bits per heavy atom. The molecule has 2 rings (SSSR count). The van der Waals surface area contributed by atoms with Crippen molar-refractivity contribution >= 4 is 27.3 Å². The van der Waals surface area contributed by atoms with Crippen molar-refractivity contribution in [1.29, 1.82) is 0 Å². The highest BCUT2D eigenvalue weighted by atomic mass is 79.9. The molecule has 0 N–H and O–H groups in total. The minimum Gasteiger partial charge on any atom is -0.487 e. The number of rotatable bonds is 3. The highest BCUT2D eigenvalue weighted by Gasteiger charge is 2.41. The number of halogens is 1. The van der Waals surface area contributed by atoms with E-state index in [0.29, 0.717) is 0 Å². The second-order valence-corrected chi connectivity index (χ2v) is 4.21.